The molecule has 1 spiro atoms. The van der Waals surface area contributed by atoms with Crippen LogP contribution in [0.1, 0.15) is 33.7 Å². The van der Waals surface area contributed by atoms with Gasteiger partial charge in [0.05, 0.1) is 22.5 Å². The minimum atomic E-state index is -0.630. The van der Waals surface area contributed by atoms with E-state index in [1.165, 1.54) is 121 Å². The molecule has 0 saturated heterocycles. The molecule has 0 fully saturated rings. The van der Waals surface area contributed by atoms with Gasteiger partial charge in [-0.3, -0.25) is 0 Å². The summed E-state index contributed by atoms with van der Waals surface area (Å²) < 4.78 is 2.49. The van der Waals surface area contributed by atoms with E-state index in [4.69, 9.17) is 0 Å². The summed E-state index contributed by atoms with van der Waals surface area (Å²) in [6.45, 7) is 0. The zero-order chi connectivity index (χ0) is 41.0. The lowest BCUT2D eigenvalue weighted by molar-refractivity contribution is 0.742. The lowest BCUT2D eigenvalue weighted by atomic mass is 9.68. The van der Waals surface area contributed by atoms with Crippen LogP contribution in [0.15, 0.2) is 218 Å². The highest BCUT2D eigenvalue weighted by atomic mass is 15.2. The minimum absolute atomic E-state index is 0.198. The van der Waals surface area contributed by atoms with Gasteiger partial charge < -0.3 is 9.47 Å². The van der Waals surface area contributed by atoms with Gasteiger partial charge in [0.15, 0.2) is 0 Å². The van der Waals surface area contributed by atoms with Crippen LogP contribution in [0.4, 0.5) is 11.4 Å². The fraction of sp³-hybridized carbons (Fsp3) is 0.0492. The Hall–Kier alpha value is -7.94. The van der Waals surface area contributed by atoms with Crippen LogP contribution >= 0.6 is 0 Å². The number of anilines is 2. The molecule has 3 atom stereocenters. The Bertz CT molecular complexity index is 3840. The van der Waals surface area contributed by atoms with Crippen LogP contribution in [0, 0.1) is 0 Å². The first-order chi connectivity index (χ1) is 31.3. The Morgan fingerprint density at radius 1 is 0.413 bits per heavy atom. The summed E-state index contributed by atoms with van der Waals surface area (Å²) in [5.41, 5.74) is 17.6. The van der Waals surface area contributed by atoms with Gasteiger partial charge in [0.25, 0.3) is 0 Å². The SMILES string of the molecule is C1=CC2c3ccccc3N(c3ccc4c(c3)C3(c5cc(-n6c7ccccc7c7ccccc76)ccc5-4)c4ccccc4-c4c3c3c5ccccc5ccc3c3ccccc43)C2C=C1. The van der Waals surface area contributed by atoms with Gasteiger partial charge in [-0.2, -0.15) is 0 Å². The van der Waals surface area contributed by atoms with Crippen LogP contribution < -0.4 is 4.90 Å². The molecule has 3 unspecified atom stereocenters. The molecule has 0 bridgehead atoms. The number of hydrogen-bond acceptors (Lipinski definition) is 1. The van der Waals surface area contributed by atoms with Crippen molar-refractivity contribution in [3.05, 3.63) is 246 Å². The van der Waals surface area contributed by atoms with Crippen molar-refractivity contribution in [2.75, 3.05) is 4.90 Å². The number of hydrogen-bond donors (Lipinski definition) is 0. The van der Waals surface area contributed by atoms with E-state index in [1.54, 1.807) is 0 Å². The third kappa shape index (κ3) is 4.14. The summed E-state index contributed by atoms with van der Waals surface area (Å²) in [4.78, 5) is 2.61. The topological polar surface area (TPSA) is 8.17 Å². The predicted molar refractivity (Wildman–Crippen MR) is 263 cm³/mol. The van der Waals surface area contributed by atoms with E-state index >= 15 is 0 Å². The maximum absolute atomic E-state index is 2.61. The number of fused-ring (bicyclic) bond motifs is 23. The maximum Gasteiger partial charge on any atom is 0.0733 e. The molecule has 1 aliphatic heterocycles. The fourth-order valence-corrected chi connectivity index (χ4v) is 12.7. The van der Waals surface area contributed by atoms with E-state index in [0.717, 1.165) is 0 Å². The van der Waals surface area contributed by atoms with Gasteiger partial charge in [-0.25, -0.2) is 0 Å². The number of para-hydroxylation sites is 3. The molecule has 2 heterocycles. The first-order valence-electron chi connectivity index (χ1n) is 22.3. The van der Waals surface area contributed by atoms with E-state index in [-0.39, 0.29) is 6.04 Å². The number of benzene rings is 10. The molecule has 4 aliphatic rings. The average Bonchev–Trinajstić information content (AvgIpc) is 4.06. The Morgan fingerprint density at radius 2 is 1.03 bits per heavy atom. The molecule has 292 valence electrons. The first-order valence-corrected chi connectivity index (χ1v) is 22.3. The molecule has 2 heteroatoms. The number of aromatic nitrogens is 1. The van der Waals surface area contributed by atoms with Gasteiger partial charge in [0, 0.05) is 33.8 Å². The Kier molecular flexibility index (Phi) is 6.49. The summed E-state index contributed by atoms with van der Waals surface area (Å²) >= 11 is 0. The van der Waals surface area contributed by atoms with Crippen molar-refractivity contribution in [3.8, 4) is 27.9 Å². The van der Waals surface area contributed by atoms with Crippen molar-refractivity contribution < 1.29 is 0 Å². The molecule has 15 rings (SSSR count). The van der Waals surface area contributed by atoms with Crippen molar-refractivity contribution in [2.24, 2.45) is 0 Å². The third-order valence-corrected chi connectivity index (χ3v) is 15.1. The molecule has 3 aliphatic carbocycles. The maximum atomic E-state index is 2.61. The monoisotopic (exact) mass is 798 g/mol. The van der Waals surface area contributed by atoms with Gasteiger partial charge in [0.1, 0.15) is 0 Å². The summed E-state index contributed by atoms with van der Waals surface area (Å²) in [6.07, 6.45) is 9.23. The minimum Gasteiger partial charge on any atom is -0.333 e. The fourth-order valence-electron chi connectivity index (χ4n) is 12.7. The molecule has 0 radical (unpaired) electrons. The molecule has 1 aromatic heterocycles. The largest absolute Gasteiger partial charge is 0.333 e. The molecule has 0 saturated carbocycles. The summed E-state index contributed by atoms with van der Waals surface area (Å²) in [7, 11) is 0. The number of allylic oxidation sites excluding steroid dienone is 2. The highest BCUT2D eigenvalue weighted by molar-refractivity contribution is 6.26. The Morgan fingerprint density at radius 3 is 1.84 bits per heavy atom. The van der Waals surface area contributed by atoms with Gasteiger partial charge in [0.2, 0.25) is 0 Å². The van der Waals surface area contributed by atoms with Crippen LogP contribution in [0.5, 0.6) is 0 Å². The molecule has 0 N–H and O–H groups in total. The predicted octanol–water partition coefficient (Wildman–Crippen LogP) is 15.3. The second kappa shape index (κ2) is 12.1. The van der Waals surface area contributed by atoms with E-state index in [0.29, 0.717) is 5.92 Å². The zero-order valence-electron chi connectivity index (χ0n) is 34.3. The van der Waals surface area contributed by atoms with E-state index in [1.807, 2.05) is 0 Å². The Balaban J connectivity index is 1.12. The van der Waals surface area contributed by atoms with Gasteiger partial charge in [-0.1, -0.05) is 176 Å². The van der Waals surface area contributed by atoms with Gasteiger partial charge in [-0.15, -0.1) is 0 Å². The molecular weight excluding hydrogens is 761 g/mol. The molecular formula is C61H38N2. The Labute approximate surface area is 364 Å². The van der Waals surface area contributed by atoms with Crippen molar-refractivity contribution in [3.63, 3.8) is 0 Å². The summed E-state index contributed by atoms with van der Waals surface area (Å²) in [6, 6.07) is 74.0. The van der Waals surface area contributed by atoms with E-state index < -0.39 is 5.41 Å². The van der Waals surface area contributed by atoms with Gasteiger partial charge in [-0.05, 0) is 125 Å². The normalized spacial score (nSPS) is 18.7. The molecule has 2 nitrogen and oxygen atoms in total. The standard InChI is InChI=1S/C61H38N2/c1-2-16-40-37(15-1)29-32-49-41-17-3-4-22-48(41)59-50-23-5-10-24-51(50)61(60(59)58(40)49)52-35-38(62-54-25-11-6-18-44(54)45-19-7-12-26-55(45)62)30-33-42(52)43-34-31-39(36-53(43)61)63-56-27-13-8-20-46(56)47-21-9-14-28-57(47)63/h1-36,44,54H. The van der Waals surface area contributed by atoms with Crippen LogP contribution in [-0.2, 0) is 5.41 Å². The van der Waals surface area contributed by atoms with Gasteiger partial charge >= 0.3 is 0 Å². The second-order valence-electron chi connectivity index (χ2n) is 17.8. The van der Waals surface area contributed by atoms with Crippen LogP contribution in [0.2, 0.25) is 0 Å². The first kappa shape index (κ1) is 33.7. The lowest BCUT2D eigenvalue weighted by Gasteiger charge is -2.34. The quantitative estimate of drug-likeness (QED) is 0.158. The third-order valence-electron chi connectivity index (χ3n) is 15.1. The second-order valence-corrected chi connectivity index (χ2v) is 17.8. The molecule has 0 amide bonds. The number of nitrogens with zero attached hydrogens (tertiary/aromatic N) is 2. The van der Waals surface area contributed by atoms with Crippen molar-refractivity contribution in [1.29, 1.82) is 0 Å². The molecule has 10 aromatic carbocycles. The lowest BCUT2D eigenvalue weighted by Crippen LogP contribution is -2.30. The summed E-state index contributed by atoms with van der Waals surface area (Å²) in [5, 5.41) is 10.3. The molecule has 63 heavy (non-hydrogen) atoms. The summed E-state index contributed by atoms with van der Waals surface area (Å²) in [5.74, 6) is 0.300. The average molecular weight is 799 g/mol. The van der Waals surface area contributed by atoms with Crippen molar-refractivity contribution in [1.82, 2.24) is 4.57 Å². The van der Waals surface area contributed by atoms with Crippen LogP contribution in [0.3, 0.4) is 0 Å². The van der Waals surface area contributed by atoms with Crippen molar-refractivity contribution >= 4 is 65.5 Å². The number of rotatable bonds is 2. The van der Waals surface area contributed by atoms with E-state index in [2.05, 4.69) is 228 Å². The van der Waals surface area contributed by atoms with E-state index in [9.17, 15) is 0 Å². The highest BCUT2D eigenvalue weighted by Gasteiger charge is 2.54. The smallest absolute Gasteiger partial charge is 0.0733 e. The van der Waals surface area contributed by atoms with Crippen LogP contribution in [-0.4, -0.2) is 10.6 Å². The highest BCUT2D eigenvalue weighted by Crippen LogP contribution is 2.67. The molecule has 11 aromatic rings. The van der Waals surface area contributed by atoms with Crippen molar-refractivity contribution in [2.45, 2.75) is 17.4 Å². The van der Waals surface area contributed by atoms with Crippen LogP contribution in [0.25, 0.3) is 82.1 Å². The zero-order valence-corrected chi connectivity index (χ0v) is 34.3.